The maximum atomic E-state index is 13.7. The molecule has 3 nitrogen and oxygen atoms in total. The second-order valence-corrected chi connectivity index (χ2v) is 6.07. The molecule has 0 aromatic heterocycles. The maximum absolute atomic E-state index is 13.7. The average molecular weight is 330 g/mol. The molecule has 0 saturated carbocycles. The van der Waals surface area contributed by atoms with E-state index in [2.05, 4.69) is 9.80 Å². The maximum Gasteiger partial charge on any atom is 0.143 e. The van der Waals surface area contributed by atoms with E-state index in [0.717, 1.165) is 37.7 Å². The van der Waals surface area contributed by atoms with Gasteiger partial charge in [0.1, 0.15) is 17.4 Å². The number of hydrogen-bond acceptors (Lipinski definition) is 3. The van der Waals surface area contributed by atoms with Crippen LogP contribution in [0.15, 0.2) is 42.5 Å². The minimum Gasteiger partial charge on any atom is -0.368 e. The van der Waals surface area contributed by atoms with Gasteiger partial charge < -0.3 is 4.90 Å². The Bertz CT molecular complexity index is 716. The number of hydrogen-bond donors (Lipinski definition) is 0. The molecular formula is C18H17ClFN3. The van der Waals surface area contributed by atoms with Crippen LogP contribution in [0.2, 0.25) is 5.02 Å². The Morgan fingerprint density at radius 3 is 2.39 bits per heavy atom. The minimum atomic E-state index is -0.450. The van der Waals surface area contributed by atoms with Gasteiger partial charge in [-0.2, -0.15) is 5.26 Å². The van der Waals surface area contributed by atoms with Gasteiger partial charge >= 0.3 is 0 Å². The molecule has 118 valence electrons. The summed E-state index contributed by atoms with van der Waals surface area (Å²) < 4.78 is 13.7. The molecule has 0 aliphatic carbocycles. The molecule has 5 heteroatoms. The summed E-state index contributed by atoms with van der Waals surface area (Å²) >= 11 is 5.91. The third-order valence-electron chi connectivity index (χ3n) is 4.14. The summed E-state index contributed by atoms with van der Waals surface area (Å²) in [5, 5.41) is 9.91. The first-order valence-corrected chi connectivity index (χ1v) is 7.95. The number of piperazine rings is 1. The van der Waals surface area contributed by atoms with E-state index in [4.69, 9.17) is 16.9 Å². The van der Waals surface area contributed by atoms with Crippen LogP contribution in [-0.2, 0) is 6.54 Å². The summed E-state index contributed by atoms with van der Waals surface area (Å²) in [5.74, 6) is -0.450. The molecule has 0 unspecified atom stereocenters. The summed E-state index contributed by atoms with van der Waals surface area (Å²) in [4.78, 5) is 4.44. The Labute approximate surface area is 140 Å². The van der Waals surface area contributed by atoms with Crippen LogP contribution in [0.3, 0.4) is 0 Å². The summed E-state index contributed by atoms with van der Waals surface area (Å²) in [6.07, 6.45) is 0. The van der Waals surface area contributed by atoms with Gasteiger partial charge in [0, 0.05) is 37.7 Å². The van der Waals surface area contributed by atoms with E-state index in [1.54, 1.807) is 6.07 Å². The van der Waals surface area contributed by atoms with Crippen molar-refractivity contribution in [2.75, 3.05) is 31.1 Å². The van der Waals surface area contributed by atoms with Crippen LogP contribution in [0.1, 0.15) is 11.1 Å². The van der Waals surface area contributed by atoms with Crippen molar-refractivity contribution in [3.63, 3.8) is 0 Å². The fourth-order valence-corrected chi connectivity index (χ4v) is 3.01. The average Bonchev–Trinajstić information content (AvgIpc) is 2.57. The molecule has 0 amide bonds. The first-order chi connectivity index (χ1) is 11.2. The molecule has 2 aromatic carbocycles. The molecule has 23 heavy (non-hydrogen) atoms. The fourth-order valence-electron chi connectivity index (χ4n) is 2.88. The fraction of sp³-hybridized carbons (Fsp3) is 0.278. The molecule has 0 atom stereocenters. The first-order valence-electron chi connectivity index (χ1n) is 7.58. The molecular weight excluding hydrogens is 313 g/mol. The normalized spacial score (nSPS) is 15.4. The number of halogens is 2. The Hall–Kier alpha value is -2.09. The molecule has 1 aliphatic heterocycles. The highest BCUT2D eigenvalue weighted by Gasteiger charge is 2.20. The van der Waals surface area contributed by atoms with E-state index in [-0.39, 0.29) is 5.56 Å². The van der Waals surface area contributed by atoms with Crippen LogP contribution >= 0.6 is 11.6 Å². The van der Waals surface area contributed by atoms with Gasteiger partial charge in [-0.1, -0.05) is 29.8 Å². The summed E-state index contributed by atoms with van der Waals surface area (Å²) in [5.41, 5.74) is 2.06. The van der Waals surface area contributed by atoms with Crippen molar-refractivity contribution in [2.24, 2.45) is 0 Å². The number of nitriles is 1. The van der Waals surface area contributed by atoms with Gasteiger partial charge in [0.15, 0.2) is 0 Å². The lowest BCUT2D eigenvalue weighted by molar-refractivity contribution is 0.250. The van der Waals surface area contributed by atoms with Crippen molar-refractivity contribution in [1.29, 1.82) is 5.26 Å². The number of benzene rings is 2. The first kappa shape index (κ1) is 15.8. The molecule has 1 aliphatic rings. The smallest absolute Gasteiger partial charge is 0.143 e. The monoisotopic (exact) mass is 329 g/mol. The Balaban J connectivity index is 1.64. The molecule has 3 rings (SSSR count). The van der Waals surface area contributed by atoms with Gasteiger partial charge in [0.05, 0.1) is 5.69 Å². The second kappa shape index (κ2) is 6.99. The Morgan fingerprint density at radius 1 is 1.04 bits per heavy atom. The molecule has 1 saturated heterocycles. The van der Waals surface area contributed by atoms with Crippen molar-refractivity contribution in [3.05, 3.63) is 64.4 Å². The molecule has 0 N–H and O–H groups in total. The molecule has 0 spiro atoms. The van der Waals surface area contributed by atoms with Crippen molar-refractivity contribution in [3.8, 4) is 6.07 Å². The van der Waals surface area contributed by atoms with Gasteiger partial charge in [-0.15, -0.1) is 0 Å². The van der Waals surface area contributed by atoms with Gasteiger partial charge in [-0.25, -0.2) is 4.39 Å². The SMILES string of the molecule is N#Cc1c(F)cccc1N1CCN(Cc2ccc(Cl)cc2)CC1. The third-order valence-corrected chi connectivity index (χ3v) is 4.39. The zero-order valence-electron chi connectivity index (χ0n) is 12.7. The van der Waals surface area contributed by atoms with Crippen molar-refractivity contribution in [2.45, 2.75) is 6.54 Å². The Kier molecular flexibility index (Phi) is 4.80. The zero-order chi connectivity index (χ0) is 16.2. The van der Waals surface area contributed by atoms with Gasteiger partial charge in [0.2, 0.25) is 0 Å². The predicted octanol–water partition coefficient (Wildman–Crippen LogP) is 3.67. The lowest BCUT2D eigenvalue weighted by atomic mass is 10.1. The standard InChI is InChI=1S/C18H17ClFN3/c19-15-6-4-14(5-7-15)13-22-8-10-23(11-9-22)18-3-1-2-17(20)16(18)12-21/h1-7H,8-11,13H2. The van der Waals surface area contributed by atoms with Gasteiger partial charge in [-0.05, 0) is 29.8 Å². The van der Waals surface area contributed by atoms with E-state index in [1.165, 1.54) is 11.6 Å². The summed E-state index contributed by atoms with van der Waals surface area (Å²) in [6.45, 7) is 4.20. The molecule has 0 bridgehead atoms. The van der Waals surface area contributed by atoms with Crippen LogP contribution < -0.4 is 4.90 Å². The van der Waals surface area contributed by atoms with Crippen LogP contribution in [0.5, 0.6) is 0 Å². The van der Waals surface area contributed by atoms with Crippen LogP contribution in [0.25, 0.3) is 0 Å². The van der Waals surface area contributed by atoms with Crippen LogP contribution in [-0.4, -0.2) is 31.1 Å². The lowest BCUT2D eigenvalue weighted by Crippen LogP contribution is -2.46. The molecule has 1 heterocycles. The van der Waals surface area contributed by atoms with Gasteiger partial charge in [-0.3, -0.25) is 4.90 Å². The van der Waals surface area contributed by atoms with E-state index >= 15 is 0 Å². The van der Waals surface area contributed by atoms with E-state index in [0.29, 0.717) is 5.69 Å². The highest BCUT2D eigenvalue weighted by atomic mass is 35.5. The minimum absolute atomic E-state index is 0.138. The van der Waals surface area contributed by atoms with Crippen LogP contribution in [0.4, 0.5) is 10.1 Å². The van der Waals surface area contributed by atoms with Crippen molar-refractivity contribution in [1.82, 2.24) is 4.90 Å². The molecule has 1 fully saturated rings. The third kappa shape index (κ3) is 3.64. The van der Waals surface area contributed by atoms with E-state index < -0.39 is 5.82 Å². The number of anilines is 1. The van der Waals surface area contributed by atoms with E-state index in [9.17, 15) is 4.39 Å². The predicted molar refractivity (Wildman–Crippen MR) is 90.1 cm³/mol. The zero-order valence-corrected chi connectivity index (χ0v) is 13.4. The molecule has 2 aromatic rings. The topological polar surface area (TPSA) is 30.3 Å². The summed E-state index contributed by atoms with van der Waals surface area (Å²) in [6, 6.07) is 14.7. The largest absolute Gasteiger partial charge is 0.368 e. The quantitative estimate of drug-likeness (QED) is 0.860. The highest BCUT2D eigenvalue weighted by Crippen LogP contribution is 2.24. The van der Waals surface area contributed by atoms with Crippen LogP contribution in [0, 0.1) is 17.1 Å². The highest BCUT2D eigenvalue weighted by molar-refractivity contribution is 6.30. The van der Waals surface area contributed by atoms with Crippen molar-refractivity contribution < 1.29 is 4.39 Å². The van der Waals surface area contributed by atoms with Gasteiger partial charge in [0.25, 0.3) is 0 Å². The lowest BCUT2D eigenvalue weighted by Gasteiger charge is -2.36. The second-order valence-electron chi connectivity index (χ2n) is 5.64. The number of rotatable bonds is 3. The number of nitrogens with zero attached hydrogens (tertiary/aromatic N) is 3. The molecule has 0 radical (unpaired) electrons. The Morgan fingerprint density at radius 2 is 1.74 bits per heavy atom. The van der Waals surface area contributed by atoms with E-state index in [1.807, 2.05) is 36.4 Å². The summed E-state index contributed by atoms with van der Waals surface area (Å²) in [7, 11) is 0. The van der Waals surface area contributed by atoms with Crippen molar-refractivity contribution >= 4 is 17.3 Å².